The number of nitrogen functional groups attached to an aromatic ring is 1. The van der Waals surface area contributed by atoms with Gasteiger partial charge in [0.05, 0.1) is 6.33 Å². The standard InChI is InChI=1S/C9H13N9/c1-17(2)7-6-8(15-9(10)14-7)18(5-12-6)4-3-13-16-11/h5H,3-4H2,1-2H3,(H2,10,14,15). The molecular weight excluding hydrogens is 234 g/mol. The lowest BCUT2D eigenvalue weighted by molar-refractivity contribution is 0.719. The van der Waals surface area contributed by atoms with Crippen molar-refractivity contribution in [2.45, 2.75) is 6.54 Å². The summed E-state index contributed by atoms with van der Waals surface area (Å²) in [7, 11) is 3.72. The first-order valence-corrected chi connectivity index (χ1v) is 5.30. The number of nitrogens with two attached hydrogens (primary N) is 1. The van der Waals surface area contributed by atoms with Crippen LogP contribution in [0.4, 0.5) is 11.8 Å². The Bertz CT molecular complexity index is 608. The molecule has 0 saturated carbocycles. The largest absolute Gasteiger partial charge is 0.368 e. The minimum absolute atomic E-state index is 0.191. The predicted molar refractivity (Wildman–Crippen MR) is 68.1 cm³/mol. The second-order valence-electron chi connectivity index (χ2n) is 3.86. The van der Waals surface area contributed by atoms with Crippen molar-refractivity contribution in [2.75, 3.05) is 31.3 Å². The Morgan fingerprint density at radius 1 is 1.50 bits per heavy atom. The highest BCUT2D eigenvalue weighted by Crippen LogP contribution is 2.21. The van der Waals surface area contributed by atoms with E-state index in [0.717, 1.165) is 0 Å². The van der Waals surface area contributed by atoms with Crippen LogP contribution in [0.2, 0.25) is 0 Å². The Hall–Kier alpha value is -2.54. The van der Waals surface area contributed by atoms with Gasteiger partial charge in [0.2, 0.25) is 5.95 Å². The number of aromatic nitrogens is 4. The molecule has 2 N–H and O–H groups in total. The number of fused-ring (bicyclic) bond motifs is 1. The van der Waals surface area contributed by atoms with Crippen LogP contribution in [0.3, 0.4) is 0 Å². The number of hydrogen-bond acceptors (Lipinski definition) is 6. The smallest absolute Gasteiger partial charge is 0.224 e. The van der Waals surface area contributed by atoms with E-state index >= 15 is 0 Å². The highest BCUT2D eigenvalue weighted by Gasteiger charge is 2.13. The summed E-state index contributed by atoms with van der Waals surface area (Å²) in [5.74, 6) is 0.858. The summed E-state index contributed by atoms with van der Waals surface area (Å²) in [5.41, 5.74) is 15.2. The van der Waals surface area contributed by atoms with E-state index in [-0.39, 0.29) is 5.95 Å². The van der Waals surface area contributed by atoms with E-state index < -0.39 is 0 Å². The van der Waals surface area contributed by atoms with Gasteiger partial charge >= 0.3 is 0 Å². The molecule has 9 heteroatoms. The van der Waals surface area contributed by atoms with Gasteiger partial charge in [-0.2, -0.15) is 9.97 Å². The first kappa shape index (κ1) is 11.9. The van der Waals surface area contributed by atoms with Crippen molar-refractivity contribution in [3.05, 3.63) is 16.8 Å². The molecular formula is C9H13N9. The average molecular weight is 247 g/mol. The van der Waals surface area contributed by atoms with Crippen LogP contribution in [-0.2, 0) is 6.54 Å². The minimum atomic E-state index is 0.191. The van der Waals surface area contributed by atoms with Crippen molar-refractivity contribution in [1.29, 1.82) is 0 Å². The third-order valence-corrected chi connectivity index (χ3v) is 2.39. The summed E-state index contributed by atoms with van der Waals surface area (Å²) in [5, 5.41) is 3.48. The number of azide groups is 1. The highest BCUT2D eigenvalue weighted by molar-refractivity contribution is 5.84. The normalized spacial score (nSPS) is 10.3. The number of rotatable bonds is 4. The molecule has 9 nitrogen and oxygen atoms in total. The van der Waals surface area contributed by atoms with Gasteiger partial charge in [-0.05, 0) is 5.53 Å². The summed E-state index contributed by atoms with van der Waals surface area (Å²) in [6.07, 6.45) is 1.64. The number of imidazole rings is 1. The fraction of sp³-hybridized carbons (Fsp3) is 0.444. The van der Waals surface area contributed by atoms with Crippen molar-refractivity contribution in [2.24, 2.45) is 5.11 Å². The predicted octanol–water partition coefficient (Wildman–Crippen LogP) is 0.785. The van der Waals surface area contributed by atoms with Crippen molar-refractivity contribution in [3.63, 3.8) is 0 Å². The Labute approximate surface area is 103 Å². The lowest BCUT2D eigenvalue weighted by atomic mass is 10.4. The molecule has 0 amide bonds. The molecule has 0 fully saturated rings. The minimum Gasteiger partial charge on any atom is -0.368 e. The summed E-state index contributed by atoms with van der Waals surface area (Å²) in [4.78, 5) is 17.1. The Balaban J connectivity index is 2.48. The zero-order valence-corrected chi connectivity index (χ0v) is 10.1. The van der Waals surface area contributed by atoms with Gasteiger partial charge in [0.1, 0.15) is 0 Å². The lowest BCUT2D eigenvalue weighted by Gasteiger charge is -2.12. The van der Waals surface area contributed by atoms with Crippen molar-refractivity contribution >= 4 is 22.9 Å². The molecule has 0 saturated heterocycles. The van der Waals surface area contributed by atoms with Crippen LogP contribution in [0.25, 0.3) is 21.6 Å². The van der Waals surface area contributed by atoms with Crippen LogP contribution in [-0.4, -0.2) is 40.2 Å². The Kier molecular flexibility index (Phi) is 3.16. The number of hydrogen-bond donors (Lipinski definition) is 1. The van der Waals surface area contributed by atoms with E-state index in [2.05, 4.69) is 25.0 Å². The van der Waals surface area contributed by atoms with Gasteiger partial charge in [0.15, 0.2) is 17.0 Å². The molecule has 18 heavy (non-hydrogen) atoms. The summed E-state index contributed by atoms with van der Waals surface area (Å²) >= 11 is 0. The molecule has 0 radical (unpaired) electrons. The topological polar surface area (TPSA) is 122 Å². The van der Waals surface area contributed by atoms with Gasteiger partial charge in [-0.3, -0.25) is 0 Å². The first-order chi connectivity index (χ1) is 8.63. The molecule has 2 aromatic heterocycles. The van der Waals surface area contributed by atoms with E-state index in [0.29, 0.717) is 30.1 Å². The molecule has 0 bridgehead atoms. The first-order valence-electron chi connectivity index (χ1n) is 5.30. The van der Waals surface area contributed by atoms with Gasteiger partial charge in [0, 0.05) is 32.1 Å². The molecule has 0 aliphatic carbocycles. The third kappa shape index (κ3) is 2.11. The Morgan fingerprint density at radius 3 is 2.94 bits per heavy atom. The number of nitrogens with zero attached hydrogens (tertiary/aromatic N) is 8. The monoisotopic (exact) mass is 247 g/mol. The zero-order chi connectivity index (χ0) is 13.1. The quantitative estimate of drug-likeness (QED) is 0.486. The lowest BCUT2D eigenvalue weighted by Crippen LogP contribution is -2.13. The average Bonchev–Trinajstić information content (AvgIpc) is 2.71. The molecule has 0 aliphatic rings. The van der Waals surface area contributed by atoms with Gasteiger partial charge in [-0.1, -0.05) is 5.11 Å². The van der Waals surface area contributed by atoms with Crippen molar-refractivity contribution < 1.29 is 0 Å². The van der Waals surface area contributed by atoms with Crippen LogP contribution < -0.4 is 10.6 Å². The number of anilines is 2. The van der Waals surface area contributed by atoms with E-state index in [1.165, 1.54) is 0 Å². The second-order valence-corrected chi connectivity index (χ2v) is 3.86. The maximum atomic E-state index is 8.25. The van der Waals surface area contributed by atoms with E-state index in [1.807, 2.05) is 19.0 Å². The van der Waals surface area contributed by atoms with Gasteiger partial charge in [-0.25, -0.2) is 4.98 Å². The van der Waals surface area contributed by atoms with Gasteiger partial charge in [-0.15, -0.1) is 0 Å². The van der Waals surface area contributed by atoms with E-state index in [4.69, 9.17) is 11.3 Å². The molecule has 0 aromatic carbocycles. The van der Waals surface area contributed by atoms with Crippen LogP contribution >= 0.6 is 0 Å². The van der Waals surface area contributed by atoms with Crippen molar-refractivity contribution in [3.8, 4) is 0 Å². The third-order valence-electron chi connectivity index (χ3n) is 2.39. The fourth-order valence-electron chi connectivity index (χ4n) is 1.62. The molecule has 2 heterocycles. The van der Waals surface area contributed by atoms with Gasteiger partial charge in [0.25, 0.3) is 0 Å². The van der Waals surface area contributed by atoms with Crippen LogP contribution in [0, 0.1) is 0 Å². The molecule has 0 spiro atoms. The second kappa shape index (κ2) is 4.76. The molecule has 2 aromatic rings. The van der Waals surface area contributed by atoms with Crippen LogP contribution in [0.5, 0.6) is 0 Å². The Morgan fingerprint density at radius 2 is 2.28 bits per heavy atom. The summed E-state index contributed by atoms with van der Waals surface area (Å²) in [6.45, 7) is 0.840. The van der Waals surface area contributed by atoms with E-state index in [9.17, 15) is 0 Å². The fourth-order valence-corrected chi connectivity index (χ4v) is 1.62. The SMILES string of the molecule is CN(C)c1nc(N)nc2c1ncn2CCN=[N+]=[N-]. The van der Waals surface area contributed by atoms with E-state index in [1.54, 1.807) is 10.9 Å². The van der Waals surface area contributed by atoms with Crippen molar-refractivity contribution in [1.82, 2.24) is 19.5 Å². The molecule has 0 atom stereocenters. The summed E-state index contributed by atoms with van der Waals surface area (Å²) in [6, 6.07) is 0. The molecule has 0 aliphatic heterocycles. The maximum absolute atomic E-state index is 8.25. The van der Waals surface area contributed by atoms with Crippen LogP contribution in [0.1, 0.15) is 0 Å². The molecule has 0 unspecified atom stereocenters. The summed E-state index contributed by atoms with van der Waals surface area (Å²) < 4.78 is 1.79. The molecule has 94 valence electrons. The van der Waals surface area contributed by atoms with Crippen LogP contribution in [0.15, 0.2) is 11.4 Å². The zero-order valence-electron chi connectivity index (χ0n) is 10.1. The molecule has 2 rings (SSSR count). The maximum Gasteiger partial charge on any atom is 0.224 e. The van der Waals surface area contributed by atoms with Gasteiger partial charge < -0.3 is 15.2 Å². The highest BCUT2D eigenvalue weighted by atomic mass is 15.2.